The molecule has 1 aliphatic heterocycles. The minimum Gasteiger partial charge on any atom is -0.376 e. The van der Waals surface area contributed by atoms with E-state index in [9.17, 15) is 13.2 Å². The molecule has 0 bridgehead atoms. The molecule has 1 atom stereocenters. The molecule has 1 unspecified atom stereocenters. The Morgan fingerprint density at radius 3 is 2.63 bits per heavy atom. The van der Waals surface area contributed by atoms with Gasteiger partial charge in [-0.05, 0) is 50.1 Å². The minimum absolute atomic E-state index is 0.0101. The molecule has 2 aromatic rings. The molecule has 0 aliphatic carbocycles. The third-order valence-corrected chi connectivity index (χ3v) is 6.04. The van der Waals surface area contributed by atoms with Crippen molar-refractivity contribution in [1.82, 2.24) is 5.32 Å². The van der Waals surface area contributed by atoms with Crippen molar-refractivity contribution in [3.63, 3.8) is 0 Å². The van der Waals surface area contributed by atoms with E-state index in [-0.39, 0.29) is 33.2 Å². The lowest BCUT2D eigenvalue weighted by atomic mass is 10.2. The Morgan fingerprint density at radius 1 is 1.22 bits per heavy atom. The van der Waals surface area contributed by atoms with Gasteiger partial charge in [-0.1, -0.05) is 29.3 Å². The zero-order valence-corrected chi connectivity index (χ0v) is 16.4. The van der Waals surface area contributed by atoms with Crippen molar-refractivity contribution in [3.8, 4) is 0 Å². The van der Waals surface area contributed by atoms with Gasteiger partial charge in [0.05, 0.1) is 21.6 Å². The molecular weight excluding hydrogens is 388 g/mol. The lowest BCUT2D eigenvalue weighted by Gasteiger charge is -2.13. The molecule has 0 saturated carbocycles. The summed E-state index contributed by atoms with van der Waals surface area (Å²) in [5.74, 6) is -0.369. The van der Waals surface area contributed by atoms with Crippen molar-refractivity contribution in [2.45, 2.75) is 30.8 Å². The summed E-state index contributed by atoms with van der Waals surface area (Å²) in [6.45, 7) is 2.98. The van der Waals surface area contributed by atoms with Gasteiger partial charge < -0.3 is 10.1 Å². The van der Waals surface area contributed by atoms with Gasteiger partial charge in [-0.2, -0.15) is 0 Å². The second kappa shape index (κ2) is 8.29. The number of sulfonamides is 1. The second-order valence-electron chi connectivity index (χ2n) is 6.46. The standard InChI is InChI=1S/C19H21ClN2O4S/c1-13-4-7-16(8-5-13)27(24,25)22-14-6-9-18(20)17(11-14)19(23)21-12-15-3-2-10-26-15/h4-9,11,15,22H,2-3,10,12H2,1H3,(H,21,23). The third-order valence-electron chi connectivity index (χ3n) is 4.31. The summed E-state index contributed by atoms with van der Waals surface area (Å²) in [7, 11) is -3.76. The molecule has 2 aromatic carbocycles. The zero-order chi connectivity index (χ0) is 19.4. The lowest BCUT2D eigenvalue weighted by molar-refractivity contribution is 0.0858. The molecular formula is C19H21ClN2O4S. The normalized spacial score (nSPS) is 16.9. The fourth-order valence-corrected chi connectivity index (χ4v) is 4.05. The quantitative estimate of drug-likeness (QED) is 0.767. The summed E-state index contributed by atoms with van der Waals surface area (Å²) in [5.41, 5.74) is 1.44. The largest absolute Gasteiger partial charge is 0.376 e. The zero-order valence-electron chi connectivity index (χ0n) is 14.9. The molecule has 1 aliphatic rings. The van der Waals surface area contributed by atoms with Crippen molar-refractivity contribution >= 4 is 33.2 Å². The molecule has 2 N–H and O–H groups in total. The summed E-state index contributed by atoms with van der Waals surface area (Å²) in [4.78, 5) is 12.6. The first kappa shape index (κ1) is 19.7. The molecule has 0 radical (unpaired) electrons. The van der Waals surface area contributed by atoms with E-state index in [2.05, 4.69) is 10.0 Å². The minimum atomic E-state index is -3.76. The van der Waals surface area contributed by atoms with Crippen LogP contribution in [0, 0.1) is 6.92 Å². The number of anilines is 1. The highest BCUT2D eigenvalue weighted by Crippen LogP contribution is 2.23. The van der Waals surface area contributed by atoms with Crippen LogP contribution in [0.5, 0.6) is 0 Å². The summed E-state index contributed by atoms with van der Waals surface area (Å²) in [5, 5.41) is 3.03. The Kier molecular flexibility index (Phi) is 6.04. The maximum atomic E-state index is 12.5. The lowest BCUT2D eigenvalue weighted by Crippen LogP contribution is -2.32. The SMILES string of the molecule is Cc1ccc(S(=O)(=O)Nc2ccc(Cl)c(C(=O)NCC3CCCO3)c2)cc1. The average Bonchev–Trinajstić information content (AvgIpc) is 3.15. The van der Waals surface area contributed by atoms with Crippen LogP contribution in [0.3, 0.4) is 0 Å². The number of nitrogens with one attached hydrogen (secondary N) is 2. The van der Waals surface area contributed by atoms with Crippen molar-refractivity contribution < 1.29 is 17.9 Å². The van der Waals surface area contributed by atoms with E-state index in [0.29, 0.717) is 13.2 Å². The molecule has 144 valence electrons. The van der Waals surface area contributed by atoms with Crippen LogP contribution in [-0.4, -0.2) is 33.6 Å². The van der Waals surface area contributed by atoms with Gasteiger partial charge >= 0.3 is 0 Å². The van der Waals surface area contributed by atoms with Crippen LogP contribution in [0.1, 0.15) is 28.8 Å². The Bertz CT molecular complexity index is 923. The van der Waals surface area contributed by atoms with E-state index in [4.69, 9.17) is 16.3 Å². The molecule has 0 aromatic heterocycles. The van der Waals surface area contributed by atoms with Gasteiger partial charge in [0.25, 0.3) is 15.9 Å². The highest BCUT2D eigenvalue weighted by molar-refractivity contribution is 7.92. The van der Waals surface area contributed by atoms with E-state index in [0.717, 1.165) is 18.4 Å². The van der Waals surface area contributed by atoms with Crippen molar-refractivity contribution in [2.24, 2.45) is 0 Å². The summed E-state index contributed by atoms with van der Waals surface area (Å²) in [6.07, 6.45) is 1.90. The number of hydrogen-bond acceptors (Lipinski definition) is 4. The van der Waals surface area contributed by atoms with Crippen molar-refractivity contribution in [3.05, 3.63) is 58.6 Å². The van der Waals surface area contributed by atoms with Gasteiger partial charge in [0.2, 0.25) is 0 Å². The highest BCUT2D eigenvalue weighted by atomic mass is 35.5. The van der Waals surface area contributed by atoms with Crippen LogP contribution < -0.4 is 10.0 Å². The van der Waals surface area contributed by atoms with E-state index >= 15 is 0 Å². The number of benzene rings is 2. The maximum absolute atomic E-state index is 12.5. The number of rotatable bonds is 6. The van der Waals surface area contributed by atoms with Crippen molar-refractivity contribution in [1.29, 1.82) is 0 Å². The van der Waals surface area contributed by atoms with Gasteiger partial charge in [0, 0.05) is 18.8 Å². The molecule has 0 spiro atoms. The second-order valence-corrected chi connectivity index (χ2v) is 8.55. The molecule has 27 heavy (non-hydrogen) atoms. The van der Waals surface area contributed by atoms with E-state index in [1.54, 1.807) is 12.1 Å². The van der Waals surface area contributed by atoms with Crippen LogP contribution in [0.15, 0.2) is 47.4 Å². The molecule has 1 heterocycles. The van der Waals surface area contributed by atoms with Crippen molar-refractivity contribution in [2.75, 3.05) is 17.9 Å². The molecule has 8 heteroatoms. The Hall–Kier alpha value is -2.09. The van der Waals surface area contributed by atoms with Crippen LogP contribution in [-0.2, 0) is 14.8 Å². The predicted molar refractivity (Wildman–Crippen MR) is 105 cm³/mol. The number of amides is 1. The number of carbonyl (C=O) groups is 1. The summed E-state index contributed by atoms with van der Waals surface area (Å²) in [6, 6.07) is 11.0. The molecule has 1 fully saturated rings. The smallest absolute Gasteiger partial charge is 0.261 e. The number of halogens is 1. The van der Waals surface area contributed by atoms with E-state index < -0.39 is 10.0 Å². The maximum Gasteiger partial charge on any atom is 0.261 e. The molecule has 1 amide bonds. The molecule has 6 nitrogen and oxygen atoms in total. The predicted octanol–water partition coefficient (Wildman–Crippen LogP) is 3.36. The first-order valence-corrected chi connectivity index (χ1v) is 10.5. The van der Waals surface area contributed by atoms with Gasteiger partial charge in [-0.15, -0.1) is 0 Å². The fourth-order valence-electron chi connectivity index (χ4n) is 2.80. The van der Waals surface area contributed by atoms with Crippen LogP contribution >= 0.6 is 11.6 Å². The Labute approximate surface area is 163 Å². The highest BCUT2D eigenvalue weighted by Gasteiger charge is 2.19. The first-order chi connectivity index (χ1) is 12.8. The number of hydrogen-bond donors (Lipinski definition) is 2. The van der Waals surface area contributed by atoms with Gasteiger partial charge in [-0.25, -0.2) is 8.42 Å². The van der Waals surface area contributed by atoms with Gasteiger partial charge in [0.15, 0.2) is 0 Å². The number of carbonyl (C=O) groups excluding carboxylic acids is 1. The van der Waals surface area contributed by atoms with Gasteiger partial charge in [-0.3, -0.25) is 9.52 Å². The third kappa shape index (κ3) is 5.00. The monoisotopic (exact) mass is 408 g/mol. The van der Waals surface area contributed by atoms with E-state index in [1.807, 2.05) is 6.92 Å². The summed E-state index contributed by atoms with van der Waals surface area (Å²) < 4.78 is 33.0. The van der Waals surface area contributed by atoms with Crippen LogP contribution in [0.25, 0.3) is 0 Å². The topological polar surface area (TPSA) is 84.5 Å². The Morgan fingerprint density at radius 2 is 1.96 bits per heavy atom. The molecule has 1 saturated heterocycles. The van der Waals surface area contributed by atoms with E-state index in [1.165, 1.54) is 30.3 Å². The number of aryl methyl sites for hydroxylation is 1. The number of ether oxygens (including phenoxy) is 1. The molecule has 3 rings (SSSR count). The average molecular weight is 409 g/mol. The van der Waals surface area contributed by atoms with Crippen LogP contribution in [0.4, 0.5) is 5.69 Å². The van der Waals surface area contributed by atoms with Gasteiger partial charge in [0.1, 0.15) is 0 Å². The Balaban J connectivity index is 1.74. The fraction of sp³-hybridized carbons (Fsp3) is 0.316. The summed E-state index contributed by atoms with van der Waals surface area (Å²) >= 11 is 6.12. The van der Waals surface area contributed by atoms with Crippen LogP contribution in [0.2, 0.25) is 5.02 Å². The first-order valence-electron chi connectivity index (χ1n) is 8.64.